The molecule has 50 valence electrons. The van der Waals surface area contributed by atoms with Gasteiger partial charge in [-0.1, -0.05) is 6.92 Å². The molecule has 0 aromatic heterocycles. The molecule has 0 rings (SSSR count). The molecule has 0 aliphatic carbocycles. The minimum atomic E-state index is 0.269. The van der Waals surface area contributed by atoms with Crippen LogP contribution in [0.25, 0.3) is 0 Å². The summed E-state index contributed by atoms with van der Waals surface area (Å²) in [7, 11) is 1.94. The highest BCUT2D eigenvalue weighted by Gasteiger charge is 2.05. The molecule has 2 atom stereocenters. The van der Waals surface area contributed by atoms with E-state index in [0.717, 1.165) is 6.42 Å². The van der Waals surface area contributed by atoms with E-state index in [1.54, 1.807) is 0 Å². The molecule has 0 saturated carbocycles. The van der Waals surface area contributed by atoms with Crippen molar-refractivity contribution in [3.63, 3.8) is 0 Å². The number of nitrogens with two attached hydrogens (primary N) is 1. The quantitative estimate of drug-likeness (QED) is 0.557. The van der Waals surface area contributed by atoms with Crippen LogP contribution >= 0.6 is 0 Å². The predicted octanol–water partition coefficient (Wildman–Crippen LogP) is 0.332. The van der Waals surface area contributed by atoms with Gasteiger partial charge < -0.3 is 11.1 Å². The molecule has 0 aromatic rings. The maximum absolute atomic E-state index is 5.60. The van der Waals surface area contributed by atoms with E-state index in [1.807, 2.05) is 14.0 Å². The summed E-state index contributed by atoms with van der Waals surface area (Å²) in [6.45, 7) is 4.15. The Morgan fingerprint density at radius 2 is 2.12 bits per heavy atom. The third-order valence-corrected chi connectivity index (χ3v) is 1.45. The minimum absolute atomic E-state index is 0.269. The van der Waals surface area contributed by atoms with Crippen LogP contribution in [0.4, 0.5) is 0 Å². The van der Waals surface area contributed by atoms with Crippen LogP contribution in [0.3, 0.4) is 0 Å². The Balaban J connectivity index is 3.35. The van der Waals surface area contributed by atoms with Gasteiger partial charge in [-0.25, -0.2) is 0 Å². The van der Waals surface area contributed by atoms with E-state index < -0.39 is 0 Å². The fraction of sp³-hybridized carbons (Fsp3) is 1.00. The van der Waals surface area contributed by atoms with E-state index in [0.29, 0.717) is 6.04 Å². The SMILES string of the molecule is CC[C@H](NC)[C@H](C)N. The third kappa shape index (κ3) is 2.28. The zero-order valence-electron chi connectivity index (χ0n) is 5.94. The summed E-state index contributed by atoms with van der Waals surface area (Å²) >= 11 is 0. The van der Waals surface area contributed by atoms with Crippen molar-refractivity contribution in [2.75, 3.05) is 7.05 Å². The van der Waals surface area contributed by atoms with Crippen molar-refractivity contribution in [2.45, 2.75) is 32.4 Å². The molecule has 0 amide bonds. The van der Waals surface area contributed by atoms with Crippen LogP contribution in [0.2, 0.25) is 0 Å². The third-order valence-electron chi connectivity index (χ3n) is 1.45. The second kappa shape index (κ2) is 3.87. The molecular formula is C6H16N2. The first kappa shape index (κ1) is 7.92. The Bertz CT molecular complexity index is 48.5. The topological polar surface area (TPSA) is 38.0 Å². The standard InChI is InChI=1S/C6H16N2/c1-4-6(8-3)5(2)7/h5-6,8H,4,7H2,1-3H3/t5-,6-/m0/s1. The zero-order valence-corrected chi connectivity index (χ0v) is 5.94. The molecule has 2 nitrogen and oxygen atoms in total. The van der Waals surface area contributed by atoms with E-state index in [-0.39, 0.29) is 6.04 Å². The smallest absolute Gasteiger partial charge is 0.0210 e. The van der Waals surface area contributed by atoms with Crippen molar-refractivity contribution in [3.05, 3.63) is 0 Å². The predicted molar refractivity (Wildman–Crippen MR) is 36.8 cm³/mol. The molecule has 0 radical (unpaired) electrons. The van der Waals surface area contributed by atoms with Gasteiger partial charge in [0, 0.05) is 12.1 Å². The average molecular weight is 116 g/mol. The van der Waals surface area contributed by atoms with Gasteiger partial charge in [-0.3, -0.25) is 0 Å². The van der Waals surface area contributed by atoms with Crippen LogP contribution in [-0.4, -0.2) is 19.1 Å². The van der Waals surface area contributed by atoms with Gasteiger partial charge in [-0.2, -0.15) is 0 Å². The highest BCUT2D eigenvalue weighted by molar-refractivity contribution is 4.71. The second-order valence-electron chi connectivity index (χ2n) is 2.16. The average Bonchev–Trinajstić information content (AvgIpc) is 1.69. The van der Waals surface area contributed by atoms with Crippen molar-refractivity contribution < 1.29 is 0 Å². The second-order valence-corrected chi connectivity index (χ2v) is 2.16. The summed E-state index contributed by atoms with van der Waals surface area (Å²) in [5, 5.41) is 3.13. The number of hydrogen-bond acceptors (Lipinski definition) is 2. The molecule has 0 aromatic carbocycles. The lowest BCUT2D eigenvalue weighted by molar-refractivity contribution is 0.470. The zero-order chi connectivity index (χ0) is 6.57. The van der Waals surface area contributed by atoms with Gasteiger partial charge in [0.1, 0.15) is 0 Å². The van der Waals surface area contributed by atoms with Crippen LogP contribution in [0.1, 0.15) is 20.3 Å². The van der Waals surface area contributed by atoms with Gasteiger partial charge in [0.15, 0.2) is 0 Å². The lowest BCUT2D eigenvalue weighted by atomic mass is 10.1. The normalized spacial score (nSPS) is 18.0. The largest absolute Gasteiger partial charge is 0.327 e. The Hall–Kier alpha value is -0.0800. The summed E-state index contributed by atoms with van der Waals surface area (Å²) in [6.07, 6.45) is 1.11. The maximum atomic E-state index is 5.60. The summed E-state index contributed by atoms with van der Waals surface area (Å²) in [5.74, 6) is 0. The molecule has 8 heavy (non-hydrogen) atoms. The monoisotopic (exact) mass is 116 g/mol. The Labute approximate surface area is 51.5 Å². The van der Waals surface area contributed by atoms with Crippen molar-refractivity contribution in [1.82, 2.24) is 5.32 Å². The maximum Gasteiger partial charge on any atom is 0.0210 e. The Kier molecular flexibility index (Phi) is 3.83. The molecule has 0 bridgehead atoms. The van der Waals surface area contributed by atoms with E-state index in [4.69, 9.17) is 5.73 Å². The Morgan fingerprint density at radius 3 is 2.12 bits per heavy atom. The van der Waals surface area contributed by atoms with E-state index in [1.165, 1.54) is 0 Å². The molecule has 0 spiro atoms. The Morgan fingerprint density at radius 1 is 1.62 bits per heavy atom. The van der Waals surface area contributed by atoms with Gasteiger partial charge in [0.25, 0.3) is 0 Å². The molecule has 2 heteroatoms. The minimum Gasteiger partial charge on any atom is -0.327 e. The lowest BCUT2D eigenvalue weighted by Gasteiger charge is -2.16. The van der Waals surface area contributed by atoms with Crippen LogP contribution in [-0.2, 0) is 0 Å². The first-order chi connectivity index (χ1) is 3.72. The summed E-state index contributed by atoms with van der Waals surface area (Å²) in [6, 6.07) is 0.750. The van der Waals surface area contributed by atoms with Gasteiger partial charge in [-0.05, 0) is 20.4 Å². The summed E-state index contributed by atoms with van der Waals surface area (Å²) in [5.41, 5.74) is 5.60. The van der Waals surface area contributed by atoms with Crippen LogP contribution in [0.5, 0.6) is 0 Å². The van der Waals surface area contributed by atoms with Crippen molar-refractivity contribution in [2.24, 2.45) is 5.73 Å². The molecule has 0 unspecified atom stereocenters. The van der Waals surface area contributed by atoms with Crippen molar-refractivity contribution >= 4 is 0 Å². The fourth-order valence-electron chi connectivity index (χ4n) is 0.839. The van der Waals surface area contributed by atoms with Crippen LogP contribution < -0.4 is 11.1 Å². The molecule has 0 heterocycles. The molecule has 0 saturated heterocycles. The molecule has 0 fully saturated rings. The molecule has 3 N–H and O–H groups in total. The number of hydrogen-bond donors (Lipinski definition) is 2. The van der Waals surface area contributed by atoms with Gasteiger partial charge in [0.05, 0.1) is 0 Å². The molecular weight excluding hydrogens is 100 g/mol. The van der Waals surface area contributed by atoms with Gasteiger partial charge >= 0.3 is 0 Å². The molecule has 0 aliphatic rings. The number of nitrogens with one attached hydrogen (secondary N) is 1. The van der Waals surface area contributed by atoms with Gasteiger partial charge in [-0.15, -0.1) is 0 Å². The summed E-state index contributed by atoms with van der Waals surface area (Å²) < 4.78 is 0. The van der Waals surface area contributed by atoms with E-state index in [9.17, 15) is 0 Å². The van der Waals surface area contributed by atoms with E-state index >= 15 is 0 Å². The number of rotatable bonds is 3. The number of likely N-dealkylation sites (N-methyl/N-ethyl adjacent to an activating group) is 1. The van der Waals surface area contributed by atoms with E-state index in [2.05, 4.69) is 12.2 Å². The highest BCUT2D eigenvalue weighted by atomic mass is 14.9. The summed E-state index contributed by atoms with van der Waals surface area (Å²) in [4.78, 5) is 0. The lowest BCUT2D eigenvalue weighted by Crippen LogP contribution is -2.40. The molecule has 0 aliphatic heterocycles. The highest BCUT2D eigenvalue weighted by Crippen LogP contribution is 1.92. The van der Waals surface area contributed by atoms with Crippen molar-refractivity contribution in [3.8, 4) is 0 Å². The van der Waals surface area contributed by atoms with Gasteiger partial charge in [0.2, 0.25) is 0 Å². The van der Waals surface area contributed by atoms with Crippen molar-refractivity contribution in [1.29, 1.82) is 0 Å². The fourth-order valence-corrected chi connectivity index (χ4v) is 0.839. The first-order valence-electron chi connectivity index (χ1n) is 3.15. The van der Waals surface area contributed by atoms with Crippen LogP contribution in [0, 0.1) is 0 Å². The first-order valence-corrected chi connectivity index (χ1v) is 3.15. The van der Waals surface area contributed by atoms with Crippen LogP contribution in [0.15, 0.2) is 0 Å².